The average molecular weight is 504 g/mol. The Labute approximate surface area is 187 Å². The summed E-state index contributed by atoms with van der Waals surface area (Å²) in [5, 5.41) is 0.136. The molecule has 33 heavy (non-hydrogen) atoms. The lowest BCUT2D eigenvalue weighted by atomic mass is 9.74. The molecule has 0 unspecified atom stereocenters. The van der Waals surface area contributed by atoms with Crippen LogP contribution in [0.4, 0.5) is 35.1 Å². The van der Waals surface area contributed by atoms with Crippen LogP contribution in [0.1, 0.15) is 30.9 Å². The second-order valence-corrected chi connectivity index (χ2v) is 9.16. The van der Waals surface area contributed by atoms with Crippen molar-refractivity contribution in [3.05, 3.63) is 85.3 Å². The van der Waals surface area contributed by atoms with Crippen LogP contribution in [0.2, 0.25) is 0 Å². The average Bonchev–Trinajstić information content (AvgIpc) is 3.32. The smallest absolute Gasteiger partial charge is 0.211 e. The van der Waals surface area contributed by atoms with Gasteiger partial charge < -0.3 is 0 Å². The molecule has 5 rings (SSSR count). The zero-order chi connectivity index (χ0) is 23.8. The van der Waals surface area contributed by atoms with Crippen LogP contribution in [-0.2, 0) is 17.8 Å². The number of halogens is 8. The summed E-state index contributed by atoms with van der Waals surface area (Å²) in [7, 11) is 0. The number of rotatable bonds is 2. The molecule has 1 aliphatic carbocycles. The van der Waals surface area contributed by atoms with Crippen LogP contribution in [0.15, 0.2) is 42.5 Å². The van der Waals surface area contributed by atoms with E-state index in [-0.39, 0.29) is 28.2 Å². The van der Waals surface area contributed by atoms with Gasteiger partial charge in [0.2, 0.25) is 11.9 Å². The first-order chi connectivity index (χ1) is 15.4. The second-order valence-electron chi connectivity index (χ2n) is 7.17. The third-order valence-corrected chi connectivity index (χ3v) is 7.66. The number of hydrogen-bond donors (Lipinski definition) is 0. The summed E-state index contributed by atoms with van der Waals surface area (Å²) in [6, 6.07) is 9.89. The number of thiazole rings is 2. The van der Waals surface area contributed by atoms with Crippen molar-refractivity contribution in [2.75, 3.05) is 0 Å². The van der Waals surface area contributed by atoms with E-state index in [1.165, 1.54) is 18.2 Å². The maximum absolute atomic E-state index is 14.3. The van der Waals surface area contributed by atoms with Gasteiger partial charge in [-0.05, 0) is 21.9 Å². The summed E-state index contributed by atoms with van der Waals surface area (Å²) >= 11 is -0.103. The van der Waals surface area contributed by atoms with Gasteiger partial charge in [0.25, 0.3) is 0 Å². The SMILES string of the molecule is Fc1nc(C2(c3nc(F)c(C(F)(F)F)s3)C=Cc3cccc4cccc2c34)sc1C(F)(F)F. The Morgan fingerprint density at radius 3 is 1.73 bits per heavy atom. The fraction of sp³-hybridized carbons (Fsp3) is 0.143. The van der Waals surface area contributed by atoms with Gasteiger partial charge in [0.05, 0.1) is 0 Å². The Balaban J connectivity index is 1.89. The van der Waals surface area contributed by atoms with Gasteiger partial charge in [0.15, 0.2) is 9.75 Å². The minimum Gasteiger partial charge on any atom is -0.211 e. The summed E-state index contributed by atoms with van der Waals surface area (Å²) in [6.07, 6.45) is -7.38. The topological polar surface area (TPSA) is 25.8 Å². The van der Waals surface area contributed by atoms with Gasteiger partial charge in [-0.2, -0.15) is 35.1 Å². The number of hydrogen-bond acceptors (Lipinski definition) is 4. The van der Waals surface area contributed by atoms with Gasteiger partial charge in [0.1, 0.15) is 15.4 Å². The Bertz CT molecular complexity index is 1370. The molecule has 2 nitrogen and oxygen atoms in total. The maximum atomic E-state index is 14.3. The summed E-state index contributed by atoms with van der Waals surface area (Å²) in [5.41, 5.74) is -1.10. The normalized spacial score (nSPS) is 15.4. The van der Waals surface area contributed by atoms with E-state index < -0.39 is 49.4 Å². The first-order valence-corrected chi connectivity index (χ1v) is 10.8. The zero-order valence-corrected chi connectivity index (χ0v) is 17.5. The van der Waals surface area contributed by atoms with E-state index in [1.54, 1.807) is 30.3 Å². The van der Waals surface area contributed by atoms with E-state index >= 15 is 0 Å². The van der Waals surface area contributed by atoms with Crippen molar-refractivity contribution in [3.8, 4) is 0 Å². The molecule has 0 bridgehead atoms. The molecule has 0 amide bonds. The lowest BCUT2D eigenvalue weighted by molar-refractivity contribution is -0.137. The van der Waals surface area contributed by atoms with Crippen LogP contribution < -0.4 is 0 Å². The molecule has 0 saturated heterocycles. The molecule has 0 N–H and O–H groups in total. The highest BCUT2D eigenvalue weighted by molar-refractivity contribution is 7.13. The van der Waals surface area contributed by atoms with Crippen molar-refractivity contribution in [2.24, 2.45) is 0 Å². The summed E-state index contributed by atoms with van der Waals surface area (Å²) in [5.74, 6) is -3.62. The van der Waals surface area contributed by atoms with E-state index in [1.807, 2.05) is 0 Å². The quantitative estimate of drug-likeness (QED) is 0.266. The summed E-state index contributed by atoms with van der Waals surface area (Å²) in [6.45, 7) is 0. The number of benzene rings is 2. The van der Waals surface area contributed by atoms with Gasteiger partial charge >= 0.3 is 12.4 Å². The van der Waals surface area contributed by atoms with Crippen molar-refractivity contribution >= 4 is 39.5 Å². The summed E-state index contributed by atoms with van der Waals surface area (Å²) in [4.78, 5) is 3.64. The highest BCUT2D eigenvalue weighted by atomic mass is 32.1. The highest BCUT2D eigenvalue weighted by Crippen LogP contribution is 2.52. The van der Waals surface area contributed by atoms with Crippen molar-refractivity contribution in [2.45, 2.75) is 17.8 Å². The van der Waals surface area contributed by atoms with Gasteiger partial charge in [-0.3, -0.25) is 0 Å². The molecule has 0 spiro atoms. The van der Waals surface area contributed by atoms with Crippen molar-refractivity contribution in [1.29, 1.82) is 0 Å². The monoisotopic (exact) mass is 504 g/mol. The molecule has 0 radical (unpaired) electrons. The predicted octanol–water partition coefficient (Wildman–Crippen LogP) is 7.43. The molecular weight excluding hydrogens is 496 g/mol. The van der Waals surface area contributed by atoms with Crippen LogP contribution in [0.5, 0.6) is 0 Å². The Morgan fingerprint density at radius 2 is 1.24 bits per heavy atom. The molecule has 4 aromatic rings. The largest absolute Gasteiger partial charge is 0.430 e. The molecule has 2 heterocycles. The van der Waals surface area contributed by atoms with E-state index in [2.05, 4.69) is 9.97 Å². The van der Waals surface area contributed by atoms with E-state index in [0.29, 0.717) is 16.3 Å². The zero-order valence-electron chi connectivity index (χ0n) is 15.9. The van der Waals surface area contributed by atoms with E-state index in [0.717, 1.165) is 0 Å². The Hall–Kier alpha value is -2.86. The van der Waals surface area contributed by atoms with E-state index in [4.69, 9.17) is 0 Å². The first-order valence-electron chi connectivity index (χ1n) is 9.12. The molecule has 12 heteroatoms. The molecular formula is C21H8F8N2S2. The summed E-state index contributed by atoms with van der Waals surface area (Å²) < 4.78 is 109. The van der Waals surface area contributed by atoms with Gasteiger partial charge in [-0.25, -0.2) is 9.97 Å². The van der Waals surface area contributed by atoms with E-state index in [9.17, 15) is 35.1 Å². The molecule has 0 atom stereocenters. The predicted molar refractivity (Wildman–Crippen MR) is 107 cm³/mol. The van der Waals surface area contributed by atoms with Crippen LogP contribution in [0.25, 0.3) is 16.8 Å². The molecule has 0 aliphatic heterocycles. The van der Waals surface area contributed by atoms with Gasteiger partial charge in [-0.15, -0.1) is 22.7 Å². The van der Waals surface area contributed by atoms with Crippen LogP contribution in [0.3, 0.4) is 0 Å². The lowest BCUT2D eigenvalue weighted by Gasteiger charge is -2.31. The lowest BCUT2D eigenvalue weighted by Crippen LogP contribution is -2.29. The maximum Gasteiger partial charge on any atom is 0.430 e. The third-order valence-electron chi connectivity index (χ3n) is 5.24. The number of alkyl halides is 6. The Kier molecular flexibility index (Phi) is 4.70. The van der Waals surface area contributed by atoms with Crippen LogP contribution in [-0.4, -0.2) is 9.97 Å². The van der Waals surface area contributed by atoms with Crippen molar-refractivity contribution in [1.82, 2.24) is 9.97 Å². The van der Waals surface area contributed by atoms with Crippen molar-refractivity contribution < 1.29 is 35.1 Å². The Morgan fingerprint density at radius 1 is 0.727 bits per heavy atom. The van der Waals surface area contributed by atoms with Crippen LogP contribution >= 0.6 is 22.7 Å². The van der Waals surface area contributed by atoms with Crippen molar-refractivity contribution in [3.63, 3.8) is 0 Å². The molecule has 0 saturated carbocycles. The van der Waals surface area contributed by atoms with Crippen LogP contribution in [0, 0.1) is 11.9 Å². The highest BCUT2D eigenvalue weighted by Gasteiger charge is 2.49. The second kappa shape index (κ2) is 7.07. The standard InChI is InChI=1S/C21H8F8N2S2/c22-15-13(20(24,25)26)32-17(30-15)19(18-31-16(23)14(33-18)21(27,28)29)8-7-10-4-1-3-9-5-2-6-11(19)12(9)10/h1-8H. The number of aromatic nitrogens is 2. The molecule has 1 aliphatic rings. The minimum atomic E-state index is -5.07. The molecule has 2 aromatic heterocycles. The molecule has 0 fully saturated rings. The van der Waals surface area contributed by atoms with Gasteiger partial charge in [0, 0.05) is 0 Å². The minimum absolute atomic E-state index is 0.0513. The van der Waals surface area contributed by atoms with Gasteiger partial charge in [-0.1, -0.05) is 48.6 Å². The fourth-order valence-corrected chi connectivity index (χ4v) is 5.96. The molecule has 170 valence electrons. The molecule has 2 aromatic carbocycles. The number of nitrogens with zero attached hydrogens (tertiary/aromatic N) is 2. The third kappa shape index (κ3) is 3.26. The first kappa shape index (κ1) is 22.0. The fourth-order valence-electron chi connectivity index (χ4n) is 3.90. The number of allylic oxidation sites excluding steroid dienone is 1.